The topological polar surface area (TPSA) is 63.4 Å². The predicted octanol–water partition coefficient (Wildman–Crippen LogP) is 1.26. The van der Waals surface area contributed by atoms with Crippen LogP contribution < -0.4 is 5.73 Å². The van der Waals surface area contributed by atoms with Crippen LogP contribution in [0.3, 0.4) is 0 Å². The molecule has 112 valence electrons. The van der Waals surface area contributed by atoms with Gasteiger partial charge in [0, 0.05) is 18.6 Å². The number of rotatable bonds is 3. The molecule has 2 fully saturated rings. The predicted molar refractivity (Wildman–Crippen MR) is 78.8 cm³/mol. The van der Waals surface area contributed by atoms with Crippen molar-refractivity contribution < 1.29 is 8.42 Å². The third-order valence-corrected chi connectivity index (χ3v) is 6.91. The average molecular weight is 288 g/mol. The van der Waals surface area contributed by atoms with E-state index >= 15 is 0 Å². The van der Waals surface area contributed by atoms with E-state index in [1.165, 1.54) is 19.3 Å². The molecule has 5 heteroatoms. The zero-order valence-corrected chi connectivity index (χ0v) is 13.2. The fraction of sp³-hybridized carbons (Fsp3) is 1.00. The van der Waals surface area contributed by atoms with Crippen LogP contribution >= 0.6 is 0 Å². The molecule has 0 amide bonds. The van der Waals surface area contributed by atoms with Crippen LogP contribution in [0.25, 0.3) is 0 Å². The Hall–Kier alpha value is -0.130. The summed E-state index contributed by atoms with van der Waals surface area (Å²) in [5.74, 6) is 1.18. The maximum absolute atomic E-state index is 11.6. The molecule has 1 aliphatic carbocycles. The quantitative estimate of drug-likeness (QED) is 0.849. The van der Waals surface area contributed by atoms with E-state index in [0.717, 1.165) is 13.0 Å². The average Bonchev–Trinajstić information content (AvgIpc) is 2.65. The van der Waals surface area contributed by atoms with Gasteiger partial charge in [0.05, 0.1) is 11.5 Å². The minimum Gasteiger partial charge on any atom is -0.327 e. The smallest absolute Gasteiger partial charge is 0.151 e. The molecule has 2 aliphatic rings. The van der Waals surface area contributed by atoms with Crippen molar-refractivity contribution in [1.82, 2.24) is 4.90 Å². The molecule has 1 saturated heterocycles. The highest BCUT2D eigenvalue weighted by molar-refractivity contribution is 7.91. The Balaban J connectivity index is 1.94. The Morgan fingerprint density at radius 1 is 1.32 bits per heavy atom. The first-order chi connectivity index (χ1) is 8.71. The SMILES string of the molecule is CN(CC1CCCC(C)(C)C1N)C1CCS(=O)(=O)C1. The first kappa shape index (κ1) is 15.3. The van der Waals surface area contributed by atoms with Crippen LogP contribution in [-0.2, 0) is 9.84 Å². The van der Waals surface area contributed by atoms with Crippen molar-refractivity contribution in [1.29, 1.82) is 0 Å². The maximum Gasteiger partial charge on any atom is 0.151 e. The maximum atomic E-state index is 11.6. The Morgan fingerprint density at radius 2 is 2.00 bits per heavy atom. The van der Waals surface area contributed by atoms with Crippen molar-refractivity contribution in [2.75, 3.05) is 25.1 Å². The van der Waals surface area contributed by atoms with Crippen molar-refractivity contribution in [3.63, 3.8) is 0 Å². The number of sulfone groups is 1. The lowest BCUT2D eigenvalue weighted by Crippen LogP contribution is -2.51. The Labute approximate surface area is 117 Å². The van der Waals surface area contributed by atoms with E-state index < -0.39 is 9.84 Å². The van der Waals surface area contributed by atoms with Gasteiger partial charge in [0.2, 0.25) is 0 Å². The molecular formula is C14H28N2O2S. The Bertz CT molecular complexity index is 419. The number of nitrogens with two attached hydrogens (primary N) is 1. The van der Waals surface area contributed by atoms with Crippen LogP contribution in [0.2, 0.25) is 0 Å². The monoisotopic (exact) mass is 288 g/mol. The van der Waals surface area contributed by atoms with E-state index in [2.05, 4.69) is 25.8 Å². The lowest BCUT2D eigenvalue weighted by atomic mass is 9.68. The van der Waals surface area contributed by atoms with Gasteiger partial charge in [-0.05, 0) is 37.6 Å². The Kier molecular flexibility index (Phi) is 4.29. The highest BCUT2D eigenvalue weighted by Gasteiger charge is 2.38. The number of hydrogen-bond acceptors (Lipinski definition) is 4. The first-order valence-corrected chi connectivity index (χ1v) is 9.20. The second-order valence-corrected chi connectivity index (χ2v) is 9.39. The molecular weight excluding hydrogens is 260 g/mol. The van der Waals surface area contributed by atoms with Gasteiger partial charge >= 0.3 is 0 Å². The van der Waals surface area contributed by atoms with Crippen molar-refractivity contribution in [2.45, 2.75) is 51.6 Å². The summed E-state index contributed by atoms with van der Waals surface area (Å²) >= 11 is 0. The fourth-order valence-corrected chi connectivity index (χ4v) is 5.46. The normalized spacial score (nSPS) is 37.6. The fourth-order valence-electron chi connectivity index (χ4n) is 3.65. The molecule has 0 bridgehead atoms. The van der Waals surface area contributed by atoms with Crippen LogP contribution in [0.1, 0.15) is 39.5 Å². The van der Waals surface area contributed by atoms with Crippen molar-refractivity contribution in [2.24, 2.45) is 17.1 Å². The van der Waals surface area contributed by atoms with E-state index in [-0.39, 0.29) is 17.5 Å². The summed E-state index contributed by atoms with van der Waals surface area (Å²) in [5, 5.41) is 0. The van der Waals surface area contributed by atoms with Crippen LogP contribution in [0.4, 0.5) is 0 Å². The van der Waals surface area contributed by atoms with Crippen molar-refractivity contribution >= 4 is 9.84 Å². The summed E-state index contributed by atoms with van der Waals surface area (Å²) in [6.07, 6.45) is 4.40. The number of nitrogens with zero attached hydrogens (tertiary/aromatic N) is 1. The van der Waals surface area contributed by atoms with Gasteiger partial charge in [0.15, 0.2) is 9.84 Å². The van der Waals surface area contributed by atoms with E-state index in [4.69, 9.17) is 5.73 Å². The molecule has 1 saturated carbocycles. The van der Waals surface area contributed by atoms with E-state index in [1.54, 1.807) is 0 Å². The summed E-state index contributed by atoms with van der Waals surface area (Å²) in [6.45, 7) is 5.44. The lowest BCUT2D eigenvalue weighted by molar-refractivity contribution is 0.0999. The molecule has 3 unspecified atom stereocenters. The highest BCUT2D eigenvalue weighted by atomic mass is 32.2. The standard InChI is InChI=1S/C14H28N2O2S/c1-14(2)7-4-5-11(13(14)15)9-16(3)12-6-8-19(17,18)10-12/h11-13H,4-10,15H2,1-3H3. The molecule has 2 rings (SSSR count). The summed E-state index contributed by atoms with van der Waals surface area (Å²) < 4.78 is 23.1. The minimum atomic E-state index is -2.79. The first-order valence-electron chi connectivity index (χ1n) is 7.37. The van der Waals surface area contributed by atoms with Gasteiger partial charge in [-0.15, -0.1) is 0 Å². The molecule has 0 aromatic rings. The van der Waals surface area contributed by atoms with Gasteiger partial charge in [-0.3, -0.25) is 0 Å². The molecule has 4 nitrogen and oxygen atoms in total. The van der Waals surface area contributed by atoms with Crippen molar-refractivity contribution in [3.8, 4) is 0 Å². The van der Waals surface area contributed by atoms with Gasteiger partial charge in [-0.1, -0.05) is 20.3 Å². The van der Waals surface area contributed by atoms with Gasteiger partial charge in [0.25, 0.3) is 0 Å². The molecule has 0 spiro atoms. The molecule has 2 N–H and O–H groups in total. The van der Waals surface area contributed by atoms with E-state index in [0.29, 0.717) is 17.4 Å². The second-order valence-electron chi connectivity index (χ2n) is 7.16. The highest BCUT2D eigenvalue weighted by Crippen LogP contribution is 2.38. The zero-order valence-electron chi connectivity index (χ0n) is 12.4. The van der Waals surface area contributed by atoms with Crippen LogP contribution in [0, 0.1) is 11.3 Å². The summed E-state index contributed by atoms with van der Waals surface area (Å²) in [4.78, 5) is 2.23. The van der Waals surface area contributed by atoms with Crippen LogP contribution in [0.15, 0.2) is 0 Å². The molecule has 0 radical (unpaired) electrons. The summed E-state index contributed by atoms with van der Waals surface area (Å²) in [5.41, 5.74) is 6.63. The summed E-state index contributed by atoms with van der Waals surface area (Å²) in [6, 6.07) is 0.420. The molecule has 0 aromatic carbocycles. The van der Waals surface area contributed by atoms with Crippen LogP contribution in [0.5, 0.6) is 0 Å². The second kappa shape index (κ2) is 5.34. The largest absolute Gasteiger partial charge is 0.327 e. The molecule has 3 atom stereocenters. The zero-order chi connectivity index (χ0) is 14.3. The number of hydrogen-bond donors (Lipinski definition) is 1. The van der Waals surface area contributed by atoms with Gasteiger partial charge < -0.3 is 10.6 Å². The van der Waals surface area contributed by atoms with Gasteiger partial charge in [-0.2, -0.15) is 0 Å². The van der Waals surface area contributed by atoms with E-state index in [1.807, 2.05) is 0 Å². The minimum absolute atomic E-state index is 0.197. The third kappa shape index (κ3) is 3.50. The van der Waals surface area contributed by atoms with Gasteiger partial charge in [0.1, 0.15) is 0 Å². The van der Waals surface area contributed by atoms with Crippen LogP contribution in [-0.4, -0.2) is 50.5 Å². The van der Waals surface area contributed by atoms with E-state index in [9.17, 15) is 8.42 Å². The molecule has 1 heterocycles. The molecule has 19 heavy (non-hydrogen) atoms. The Morgan fingerprint density at radius 3 is 2.58 bits per heavy atom. The molecule has 0 aromatic heterocycles. The summed E-state index contributed by atoms with van der Waals surface area (Å²) in [7, 11) is -0.735. The van der Waals surface area contributed by atoms with Gasteiger partial charge in [-0.25, -0.2) is 8.42 Å². The van der Waals surface area contributed by atoms with Crippen molar-refractivity contribution in [3.05, 3.63) is 0 Å². The molecule has 1 aliphatic heterocycles. The third-order valence-electron chi connectivity index (χ3n) is 5.16. The lowest BCUT2D eigenvalue weighted by Gasteiger charge is -2.43.